The van der Waals surface area contributed by atoms with E-state index in [4.69, 9.17) is 11.6 Å². The zero-order valence-corrected chi connectivity index (χ0v) is 18.1. The molecule has 0 aliphatic carbocycles. The number of hydrogen-bond acceptors (Lipinski definition) is 3. The molecule has 2 aromatic carbocycles. The number of fused-ring (bicyclic) bond motifs is 1. The lowest BCUT2D eigenvalue weighted by atomic mass is 10.1. The van der Waals surface area contributed by atoms with Gasteiger partial charge in [-0.2, -0.15) is 13.2 Å². The van der Waals surface area contributed by atoms with Crippen molar-refractivity contribution >= 4 is 34.2 Å². The molecule has 0 radical (unpaired) electrons. The van der Waals surface area contributed by atoms with Gasteiger partial charge in [0.2, 0.25) is 5.91 Å². The molecule has 0 atom stereocenters. The molecule has 0 aliphatic rings. The van der Waals surface area contributed by atoms with Gasteiger partial charge in [0.1, 0.15) is 6.54 Å². The van der Waals surface area contributed by atoms with Gasteiger partial charge in [0.15, 0.2) is 5.65 Å². The number of aryl methyl sites for hydroxylation is 1. The summed E-state index contributed by atoms with van der Waals surface area (Å²) < 4.78 is 42.9. The van der Waals surface area contributed by atoms with Crippen molar-refractivity contribution in [2.45, 2.75) is 26.1 Å². The van der Waals surface area contributed by atoms with E-state index in [0.29, 0.717) is 5.69 Å². The summed E-state index contributed by atoms with van der Waals surface area (Å²) in [7, 11) is 0. The second-order valence-corrected chi connectivity index (χ2v) is 7.74. The van der Waals surface area contributed by atoms with Crippen molar-refractivity contribution in [2.75, 3.05) is 5.32 Å². The Morgan fingerprint density at radius 3 is 2.64 bits per heavy atom. The van der Waals surface area contributed by atoms with Crippen molar-refractivity contribution in [1.82, 2.24) is 14.3 Å². The lowest BCUT2D eigenvalue weighted by Gasteiger charge is -2.16. The Hall–Kier alpha value is -3.59. The maximum absolute atomic E-state index is 13.4. The summed E-state index contributed by atoms with van der Waals surface area (Å²) >= 11 is 5.71. The third kappa shape index (κ3) is 4.49. The predicted molar refractivity (Wildman–Crippen MR) is 120 cm³/mol. The summed E-state index contributed by atoms with van der Waals surface area (Å²) in [5, 5.41) is 2.47. The number of rotatable bonds is 5. The third-order valence-corrected chi connectivity index (χ3v) is 5.35. The molecule has 0 spiro atoms. The number of amides is 1. The summed E-state index contributed by atoms with van der Waals surface area (Å²) in [5.41, 5.74) is -0.138. The maximum atomic E-state index is 13.4. The number of benzene rings is 2. The van der Waals surface area contributed by atoms with Gasteiger partial charge in [0, 0.05) is 11.2 Å². The van der Waals surface area contributed by atoms with Crippen LogP contribution in [0.15, 0.2) is 65.6 Å². The first-order valence-corrected chi connectivity index (χ1v) is 10.4. The van der Waals surface area contributed by atoms with Crippen molar-refractivity contribution in [3.05, 3.63) is 87.3 Å². The van der Waals surface area contributed by atoms with E-state index in [1.54, 1.807) is 24.3 Å². The molecule has 0 saturated heterocycles. The van der Waals surface area contributed by atoms with Crippen LogP contribution in [0, 0.1) is 0 Å². The Balaban J connectivity index is 1.77. The molecule has 4 aromatic rings. The van der Waals surface area contributed by atoms with Gasteiger partial charge in [0.25, 0.3) is 5.56 Å². The first-order chi connectivity index (χ1) is 15.7. The minimum Gasteiger partial charge on any atom is -0.324 e. The minimum absolute atomic E-state index is 0.106. The van der Waals surface area contributed by atoms with Gasteiger partial charge in [-0.3, -0.25) is 14.3 Å². The highest BCUT2D eigenvalue weighted by atomic mass is 35.5. The molecule has 0 aliphatic heterocycles. The van der Waals surface area contributed by atoms with Gasteiger partial charge in [-0.25, -0.2) is 9.67 Å². The van der Waals surface area contributed by atoms with E-state index in [2.05, 4.69) is 10.3 Å². The molecule has 170 valence electrons. The number of halogens is 4. The van der Waals surface area contributed by atoms with Crippen LogP contribution in [0.2, 0.25) is 5.02 Å². The Bertz CT molecular complexity index is 1410. The predicted octanol–water partition coefficient (Wildman–Crippen LogP) is 5.06. The quantitative estimate of drug-likeness (QED) is 0.439. The molecule has 2 aromatic heterocycles. The van der Waals surface area contributed by atoms with Crippen LogP contribution in [-0.2, 0) is 23.9 Å². The standard InChI is InChI=1S/C23H18ClF3N4O2/c1-2-14-5-3-6-16(11-14)31-22(33)17-7-4-10-28-21(17)30(31)13-20(32)29-19-9-8-15(24)12-18(19)23(25,26)27/h3-12H,2,13H2,1H3,(H,29,32). The molecular formula is C23H18ClF3N4O2. The van der Waals surface area contributed by atoms with Gasteiger partial charge in [-0.15, -0.1) is 0 Å². The highest BCUT2D eigenvalue weighted by Crippen LogP contribution is 2.36. The van der Waals surface area contributed by atoms with Crippen LogP contribution < -0.4 is 10.9 Å². The summed E-state index contributed by atoms with van der Waals surface area (Å²) in [6, 6.07) is 13.5. The maximum Gasteiger partial charge on any atom is 0.418 e. The average Bonchev–Trinajstić information content (AvgIpc) is 3.06. The summed E-state index contributed by atoms with van der Waals surface area (Å²) in [5.74, 6) is -0.759. The molecular weight excluding hydrogens is 457 g/mol. The van der Waals surface area contributed by atoms with E-state index < -0.39 is 29.9 Å². The summed E-state index contributed by atoms with van der Waals surface area (Å²) in [4.78, 5) is 30.2. The Morgan fingerprint density at radius 1 is 1.12 bits per heavy atom. The zero-order chi connectivity index (χ0) is 23.8. The second kappa shape index (κ2) is 8.74. The molecule has 0 fully saturated rings. The number of anilines is 1. The summed E-state index contributed by atoms with van der Waals surface area (Å²) in [6.07, 6.45) is -2.50. The van der Waals surface area contributed by atoms with Gasteiger partial charge < -0.3 is 5.32 Å². The van der Waals surface area contributed by atoms with Gasteiger partial charge >= 0.3 is 6.18 Å². The lowest BCUT2D eigenvalue weighted by molar-refractivity contribution is -0.137. The fourth-order valence-electron chi connectivity index (χ4n) is 3.58. The molecule has 6 nitrogen and oxygen atoms in total. The number of carbonyl (C=O) groups is 1. The number of alkyl halides is 3. The monoisotopic (exact) mass is 474 g/mol. The third-order valence-electron chi connectivity index (χ3n) is 5.11. The number of nitrogens with one attached hydrogen (secondary N) is 1. The van der Waals surface area contributed by atoms with Crippen molar-refractivity contribution in [2.24, 2.45) is 0 Å². The Labute approximate surface area is 191 Å². The first-order valence-electron chi connectivity index (χ1n) is 10.0. The van der Waals surface area contributed by atoms with Crippen LogP contribution in [0.4, 0.5) is 18.9 Å². The number of hydrogen-bond donors (Lipinski definition) is 1. The van der Waals surface area contributed by atoms with Gasteiger partial charge in [-0.05, 0) is 54.4 Å². The largest absolute Gasteiger partial charge is 0.418 e. The van der Waals surface area contributed by atoms with E-state index in [9.17, 15) is 22.8 Å². The van der Waals surface area contributed by atoms with Crippen molar-refractivity contribution in [3.63, 3.8) is 0 Å². The molecule has 1 amide bonds. The fraction of sp³-hybridized carbons (Fsp3) is 0.174. The molecule has 1 N–H and O–H groups in total. The first kappa shape index (κ1) is 22.6. The van der Waals surface area contributed by atoms with Crippen LogP contribution in [0.5, 0.6) is 0 Å². The molecule has 33 heavy (non-hydrogen) atoms. The van der Waals surface area contributed by atoms with Crippen molar-refractivity contribution < 1.29 is 18.0 Å². The summed E-state index contributed by atoms with van der Waals surface area (Å²) in [6.45, 7) is 1.53. The van der Waals surface area contributed by atoms with Crippen LogP contribution in [-0.4, -0.2) is 20.3 Å². The van der Waals surface area contributed by atoms with Gasteiger partial charge in [-0.1, -0.05) is 30.7 Å². The molecule has 0 saturated carbocycles. The molecule has 0 unspecified atom stereocenters. The number of nitrogens with zero attached hydrogens (tertiary/aromatic N) is 3. The van der Waals surface area contributed by atoms with Crippen molar-refractivity contribution in [3.8, 4) is 5.69 Å². The zero-order valence-electron chi connectivity index (χ0n) is 17.4. The van der Waals surface area contributed by atoms with Crippen LogP contribution in [0.25, 0.3) is 16.7 Å². The number of pyridine rings is 1. The van der Waals surface area contributed by atoms with Gasteiger partial charge in [0.05, 0.1) is 22.3 Å². The van der Waals surface area contributed by atoms with E-state index in [-0.39, 0.29) is 21.6 Å². The van der Waals surface area contributed by atoms with E-state index >= 15 is 0 Å². The Kier molecular flexibility index (Phi) is 5.99. The highest BCUT2D eigenvalue weighted by Gasteiger charge is 2.34. The molecule has 4 rings (SSSR count). The van der Waals surface area contributed by atoms with E-state index in [1.807, 2.05) is 19.1 Å². The van der Waals surface area contributed by atoms with Crippen LogP contribution >= 0.6 is 11.6 Å². The average molecular weight is 475 g/mol. The van der Waals surface area contributed by atoms with Crippen LogP contribution in [0.3, 0.4) is 0 Å². The smallest absolute Gasteiger partial charge is 0.324 e. The van der Waals surface area contributed by atoms with E-state index in [0.717, 1.165) is 24.1 Å². The highest BCUT2D eigenvalue weighted by molar-refractivity contribution is 6.30. The lowest BCUT2D eigenvalue weighted by Crippen LogP contribution is -2.27. The normalized spacial score (nSPS) is 11.7. The number of aromatic nitrogens is 3. The molecule has 2 heterocycles. The number of carbonyl (C=O) groups excluding carboxylic acids is 1. The fourth-order valence-corrected chi connectivity index (χ4v) is 3.76. The SMILES string of the molecule is CCc1cccc(-n2c(=O)c3cccnc3n2CC(=O)Nc2ccc(Cl)cc2C(F)(F)F)c1. The Morgan fingerprint density at radius 2 is 1.91 bits per heavy atom. The van der Waals surface area contributed by atoms with E-state index in [1.165, 1.54) is 21.6 Å². The van der Waals surface area contributed by atoms with Crippen LogP contribution in [0.1, 0.15) is 18.1 Å². The minimum atomic E-state index is -4.71. The topological polar surface area (TPSA) is 68.9 Å². The molecule has 10 heteroatoms. The molecule has 0 bridgehead atoms. The second-order valence-electron chi connectivity index (χ2n) is 7.31. The van der Waals surface area contributed by atoms with Crippen molar-refractivity contribution in [1.29, 1.82) is 0 Å².